The van der Waals surface area contributed by atoms with E-state index in [1.54, 1.807) is 42.2 Å². The van der Waals surface area contributed by atoms with Crippen LogP contribution in [0.2, 0.25) is 0 Å². The normalized spacial score (nSPS) is 29.5. The predicted octanol–water partition coefficient (Wildman–Crippen LogP) is 1.71. The number of morpholine rings is 1. The zero-order valence-corrected chi connectivity index (χ0v) is 17.4. The average Bonchev–Trinajstić information content (AvgIpc) is 3.29. The summed E-state index contributed by atoms with van der Waals surface area (Å²) in [6, 6.07) is 15.3. The first-order chi connectivity index (χ1) is 15.5. The number of cyclic esters (lactones) is 1. The summed E-state index contributed by atoms with van der Waals surface area (Å²) in [4.78, 5) is 55.8. The van der Waals surface area contributed by atoms with E-state index in [0.717, 1.165) is 10.5 Å². The highest BCUT2D eigenvalue weighted by molar-refractivity contribution is 6.24. The molecule has 2 aromatic carbocycles. The van der Waals surface area contributed by atoms with E-state index in [2.05, 4.69) is 0 Å². The lowest BCUT2D eigenvalue weighted by Crippen LogP contribution is -2.56. The van der Waals surface area contributed by atoms with Gasteiger partial charge in [0, 0.05) is 0 Å². The first-order valence-corrected chi connectivity index (χ1v) is 10.6. The number of ether oxygens (including phenoxy) is 2. The average molecular weight is 434 g/mol. The molecule has 5 rings (SSSR count). The van der Waals surface area contributed by atoms with E-state index in [4.69, 9.17) is 9.47 Å². The number of hydrogen-bond donors (Lipinski definition) is 0. The van der Waals surface area contributed by atoms with E-state index < -0.39 is 53.7 Å². The number of fused-ring (bicyclic) bond motifs is 3. The number of benzene rings is 2. The van der Waals surface area contributed by atoms with Crippen molar-refractivity contribution in [1.29, 1.82) is 0 Å². The smallest absolute Gasteiger partial charge is 0.324 e. The minimum atomic E-state index is -1.06. The number of amides is 2. The van der Waals surface area contributed by atoms with Crippen LogP contribution in [0.25, 0.3) is 0 Å². The zero-order valence-electron chi connectivity index (χ0n) is 17.4. The maximum absolute atomic E-state index is 13.5. The maximum atomic E-state index is 13.5. The Bertz CT molecular complexity index is 1070. The van der Waals surface area contributed by atoms with Crippen molar-refractivity contribution in [2.75, 3.05) is 18.1 Å². The van der Waals surface area contributed by atoms with Gasteiger partial charge in [-0.05, 0) is 24.6 Å². The molecule has 8 heteroatoms. The molecule has 0 saturated carbocycles. The van der Waals surface area contributed by atoms with Crippen molar-refractivity contribution in [3.63, 3.8) is 0 Å². The van der Waals surface area contributed by atoms with Crippen LogP contribution in [-0.4, -0.2) is 54.0 Å². The second-order valence-corrected chi connectivity index (χ2v) is 8.04. The molecule has 0 aromatic heterocycles. The number of para-hydroxylation sites is 1. The number of nitrogens with zero attached hydrogens (tertiary/aromatic N) is 2. The monoisotopic (exact) mass is 434 g/mol. The number of carbonyl (C=O) groups is 4. The van der Waals surface area contributed by atoms with Crippen LogP contribution in [0.3, 0.4) is 0 Å². The number of esters is 2. The van der Waals surface area contributed by atoms with Gasteiger partial charge in [-0.3, -0.25) is 24.1 Å². The van der Waals surface area contributed by atoms with Gasteiger partial charge in [0.05, 0.1) is 30.2 Å². The molecule has 0 N–H and O–H groups in total. The Kier molecular flexibility index (Phi) is 5.01. The van der Waals surface area contributed by atoms with Gasteiger partial charge in [-0.2, -0.15) is 0 Å². The lowest BCUT2D eigenvalue weighted by Gasteiger charge is -2.40. The van der Waals surface area contributed by atoms with Crippen LogP contribution >= 0.6 is 0 Å². The van der Waals surface area contributed by atoms with Crippen LogP contribution in [0, 0.1) is 11.8 Å². The molecule has 8 nitrogen and oxygen atoms in total. The molecule has 5 atom stereocenters. The van der Waals surface area contributed by atoms with Gasteiger partial charge in [0.2, 0.25) is 11.8 Å². The van der Waals surface area contributed by atoms with Crippen LogP contribution in [0.1, 0.15) is 18.5 Å². The highest BCUT2D eigenvalue weighted by atomic mass is 16.5. The number of rotatable bonds is 4. The van der Waals surface area contributed by atoms with Gasteiger partial charge in [-0.25, -0.2) is 4.90 Å². The summed E-state index contributed by atoms with van der Waals surface area (Å²) in [6.45, 7) is 1.83. The molecule has 2 aromatic rings. The fourth-order valence-corrected chi connectivity index (χ4v) is 5.18. The van der Waals surface area contributed by atoms with Gasteiger partial charge < -0.3 is 9.47 Å². The van der Waals surface area contributed by atoms with Crippen molar-refractivity contribution in [1.82, 2.24) is 4.90 Å². The number of carbonyl (C=O) groups excluding carboxylic acids is 4. The summed E-state index contributed by atoms with van der Waals surface area (Å²) in [5, 5.41) is 0. The molecule has 3 saturated heterocycles. The summed E-state index contributed by atoms with van der Waals surface area (Å²) in [6.07, 6.45) is 0. The van der Waals surface area contributed by atoms with Gasteiger partial charge in [0.15, 0.2) is 0 Å². The van der Waals surface area contributed by atoms with Crippen molar-refractivity contribution >= 4 is 29.4 Å². The first-order valence-electron chi connectivity index (χ1n) is 10.6. The van der Waals surface area contributed by atoms with Gasteiger partial charge in [0.25, 0.3) is 0 Å². The Morgan fingerprint density at radius 3 is 2.25 bits per heavy atom. The topological polar surface area (TPSA) is 93.2 Å². The molecule has 0 unspecified atom stereocenters. The molecule has 0 spiro atoms. The largest absolute Gasteiger partial charge is 0.465 e. The van der Waals surface area contributed by atoms with Gasteiger partial charge in [-0.15, -0.1) is 0 Å². The molecular formula is C24H22N2O6. The van der Waals surface area contributed by atoms with Crippen molar-refractivity contribution in [2.24, 2.45) is 11.8 Å². The molecular weight excluding hydrogens is 412 g/mol. The minimum absolute atomic E-state index is 0.0273. The van der Waals surface area contributed by atoms with E-state index in [0.29, 0.717) is 5.69 Å². The molecule has 3 aliphatic heterocycles. The van der Waals surface area contributed by atoms with Crippen LogP contribution in [0.5, 0.6) is 0 Å². The highest BCUT2D eigenvalue weighted by Crippen LogP contribution is 2.49. The lowest BCUT2D eigenvalue weighted by atomic mass is 9.89. The molecule has 3 fully saturated rings. The summed E-state index contributed by atoms with van der Waals surface area (Å²) in [7, 11) is 0. The Morgan fingerprint density at radius 2 is 1.59 bits per heavy atom. The molecule has 164 valence electrons. The maximum Gasteiger partial charge on any atom is 0.324 e. The van der Waals surface area contributed by atoms with E-state index >= 15 is 0 Å². The number of imide groups is 1. The number of hydrogen-bond acceptors (Lipinski definition) is 7. The van der Waals surface area contributed by atoms with E-state index in [1.807, 2.05) is 30.3 Å². The standard InChI is InChI=1S/C24H22N2O6/c1-2-31-23(29)19-17-18(22(28)25(21(17)27)15-11-7-4-8-12-15)20-24(30)32-13-16(26(19)20)14-9-5-3-6-10-14/h3-12,16-20H,2,13H2,1H3/t16-,17+,18-,19+,20+/m1/s1. The second kappa shape index (κ2) is 7.87. The third kappa shape index (κ3) is 2.94. The van der Waals surface area contributed by atoms with Crippen LogP contribution in [0.15, 0.2) is 60.7 Å². The van der Waals surface area contributed by atoms with Crippen molar-refractivity contribution in [2.45, 2.75) is 25.0 Å². The van der Waals surface area contributed by atoms with Gasteiger partial charge in [-0.1, -0.05) is 48.5 Å². The fourth-order valence-electron chi connectivity index (χ4n) is 5.18. The van der Waals surface area contributed by atoms with E-state index in [1.165, 1.54) is 0 Å². The molecule has 0 radical (unpaired) electrons. The summed E-state index contributed by atoms with van der Waals surface area (Å²) >= 11 is 0. The van der Waals surface area contributed by atoms with Crippen molar-refractivity contribution in [3.8, 4) is 0 Å². The van der Waals surface area contributed by atoms with Crippen LogP contribution in [0.4, 0.5) is 5.69 Å². The quantitative estimate of drug-likeness (QED) is 0.534. The second-order valence-electron chi connectivity index (χ2n) is 8.04. The van der Waals surface area contributed by atoms with Gasteiger partial charge in [0.1, 0.15) is 18.7 Å². The predicted molar refractivity (Wildman–Crippen MR) is 112 cm³/mol. The Balaban J connectivity index is 1.62. The summed E-state index contributed by atoms with van der Waals surface area (Å²) in [5.41, 5.74) is 1.24. The third-order valence-electron chi connectivity index (χ3n) is 6.43. The molecule has 3 aliphatic rings. The molecule has 2 amide bonds. The fraction of sp³-hybridized carbons (Fsp3) is 0.333. The Hall–Kier alpha value is -3.52. The van der Waals surface area contributed by atoms with Crippen LogP contribution in [-0.2, 0) is 28.7 Å². The summed E-state index contributed by atoms with van der Waals surface area (Å²) < 4.78 is 10.8. The van der Waals surface area contributed by atoms with Crippen molar-refractivity contribution in [3.05, 3.63) is 66.2 Å². The van der Waals surface area contributed by atoms with E-state index in [9.17, 15) is 19.2 Å². The van der Waals surface area contributed by atoms with Crippen LogP contribution < -0.4 is 4.90 Å². The SMILES string of the molecule is CCOC(=O)[C@@H]1[C@H]2C(=O)N(c3ccccc3)C(=O)[C@H]2[C@H]2C(=O)OC[C@H](c3ccccc3)N21. The van der Waals surface area contributed by atoms with Crippen molar-refractivity contribution < 1.29 is 28.7 Å². The molecule has 0 bridgehead atoms. The van der Waals surface area contributed by atoms with Gasteiger partial charge >= 0.3 is 11.9 Å². The zero-order chi connectivity index (χ0) is 22.4. The molecule has 32 heavy (non-hydrogen) atoms. The summed E-state index contributed by atoms with van der Waals surface area (Å²) in [5.74, 6) is -4.26. The highest BCUT2D eigenvalue weighted by Gasteiger charge is 2.69. The third-order valence-corrected chi connectivity index (χ3v) is 6.43. The Morgan fingerprint density at radius 1 is 0.969 bits per heavy atom. The molecule has 0 aliphatic carbocycles. The Labute approximate surface area is 184 Å². The minimum Gasteiger partial charge on any atom is -0.465 e. The first kappa shape index (κ1) is 20.4. The lowest BCUT2D eigenvalue weighted by molar-refractivity contribution is -0.169. The number of anilines is 1. The van der Waals surface area contributed by atoms with E-state index in [-0.39, 0.29) is 13.2 Å². The molecule has 3 heterocycles.